The van der Waals surface area contributed by atoms with Crippen molar-refractivity contribution in [2.45, 2.75) is 135 Å². The quantitative estimate of drug-likeness (QED) is 0.108. The summed E-state index contributed by atoms with van der Waals surface area (Å²) in [6.45, 7) is 13.4. The summed E-state index contributed by atoms with van der Waals surface area (Å²) in [5.41, 5.74) is -7.76. The number of carbonyl (C=O) groups is 6. The van der Waals surface area contributed by atoms with E-state index in [4.69, 9.17) is 33.2 Å². The molecule has 0 radical (unpaired) electrons. The molecule has 2 saturated carbocycles. The first-order valence-corrected chi connectivity index (χ1v) is 22.6. The second kappa shape index (κ2) is 18.2. The molecule has 348 valence electrons. The maximum atomic E-state index is 15.9. The average molecular weight is 910 g/mol. The van der Waals surface area contributed by atoms with Crippen LogP contribution in [0.4, 0.5) is 4.79 Å². The van der Waals surface area contributed by atoms with Crippen molar-refractivity contribution in [3.63, 3.8) is 0 Å². The molecule has 0 aromatic heterocycles. The van der Waals surface area contributed by atoms with E-state index in [0.29, 0.717) is 5.56 Å². The van der Waals surface area contributed by atoms with Crippen LogP contribution in [0.15, 0.2) is 71.8 Å². The Morgan fingerprint density at radius 1 is 0.938 bits per heavy atom. The van der Waals surface area contributed by atoms with E-state index in [0.717, 1.165) is 6.92 Å². The van der Waals surface area contributed by atoms with E-state index in [1.54, 1.807) is 103 Å². The van der Waals surface area contributed by atoms with Gasteiger partial charge in [-0.15, -0.1) is 11.8 Å². The molecule has 1 heterocycles. The smallest absolute Gasteiger partial charge is 0.408 e. The number of rotatable bonds is 12. The average Bonchev–Trinajstić information content (AvgIpc) is 3.21. The maximum absolute atomic E-state index is 15.9. The lowest BCUT2D eigenvalue weighted by molar-refractivity contribution is -0.347. The van der Waals surface area contributed by atoms with Gasteiger partial charge in [-0.05, 0) is 69.7 Å². The molecule has 16 nitrogen and oxygen atoms in total. The normalized spacial score (nSPS) is 31.5. The molecule has 3 N–H and O–H groups in total. The highest BCUT2D eigenvalue weighted by Crippen LogP contribution is 2.65. The van der Waals surface area contributed by atoms with Crippen molar-refractivity contribution in [1.29, 1.82) is 0 Å². The number of aliphatic hydroxyl groups is 2. The highest BCUT2D eigenvalue weighted by molar-refractivity contribution is 7.98. The fourth-order valence-electron chi connectivity index (χ4n) is 10.2. The van der Waals surface area contributed by atoms with Crippen LogP contribution in [-0.4, -0.2) is 118 Å². The number of ketones is 1. The van der Waals surface area contributed by atoms with Crippen LogP contribution in [0.5, 0.6) is 0 Å². The zero-order valence-corrected chi connectivity index (χ0v) is 38.6. The van der Waals surface area contributed by atoms with Crippen LogP contribution in [0.1, 0.15) is 97.1 Å². The first-order chi connectivity index (χ1) is 29.9. The zero-order chi connectivity index (χ0) is 47.2. The Balaban J connectivity index is 1.57. The Labute approximate surface area is 377 Å². The van der Waals surface area contributed by atoms with Crippen molar-refractivity contribution in [3.05, 3.63) is 82.9 Å². The SMILES string of the molecule is CSCO[C@H]1C[C@H]2OC[C@@]2(OC(C)=O)[C@H]2[C@H](OC(=O)c3ccccc3)[C@]3(O)C[C@H](OC(=O)[C@H](O)[C@@H](NC(=O)OC(C)(C)C)c4ccccc4)C(C)=C([C@@H](OC(C)=O)C(=O)[C@]12C)C3(C)C. The molecule has 0 unspecified atom stereocenters. The lowest BCUT2D eigenvalue weighted by atomic mass is 9.44. The van der Waals surface area contributed by atoms with Gasteiger partial charge in [-0.25, -0.2) is 14.4 Å². The van der Waals surface area contributed by atoms with Crippen LogP contribution in [0.2, 0.25) is 0 Å². The van der Waals surface area contributed by atoms with Crippen molar-refractivity contribution in [3.8, 4) is 0 Å². The van der Waals surface area contributed by atoms with Gasteiger partial charge in [0, 0.05) is 32.1 Å². The Hall–Kier alpha value is -4.81. The van der Waals surface area contributed by atoms with Gasteiger partial charge in [0.15, 0.2) is 23.6 Å². The molecule has 6 rings (SSSR count). The second-order valence-corrected chi connectivity index (χ2v) is 19.5. The second-order valence-electron chi connectivity index (χ2n) is 18.7. The predicted molar refractivity (Wildman–Crippen MR) is 230 cm³/mol. The van der Waals surface area contributed by atoms with Crippen molar-refractivity contribution < 1.29 is 72.1 Å². The first-order valence-electron chi connectivity index (χ1n) is 21.2. The van der Waals surface area contributed by atoms with Gasteiger partial charge in [0.25, 0.3) is 0 Å². The molecule has 0 spiro atoms. The number of benzene rings is 2. The number of hydrogen-bond acceptors (Lipinski definition) is 16. The highest BCUT2D eigenvalue weighted by atomic mass is 32.2. The number of esters is 4. The minimum absolute atomic E-state index is 0.0383. The topological polar surface area (TPSA) is 220 Å². The standard InChI is InChI=1S/C47H59NO15S/c1-25-30(60-41(54)35(51)34(28-17-13-11-14-18-28)48-42(55)63-43(4,5)6)22-47(56)39(61-40(53)29-19-15-12-16-20-29)37-45(9,38(52)36(59-26(2)49)33(25)44(47,7)8)31(58-24-64-10)21-32-46(37,23-57-32)62-27(3)50/h11-20,30-32,34-37,39,51,56H,21-24H2,1-10H3,(H,48,55)/t30-,31-,32+,34-,35+,36+,37-,39-,45+,46-,47+/m0/s1. The van der Waals surface area contributed by atoms with Crippen molar-refractivity contribution in [2.75, 3.05) is 18.8 Å². The number of nitrogens with one attached hydrogen (secondary N) is 1. The Morgan fingerprint density at radius 2 is 1.56 bits per heavy atom. The number of ether oxygens (including phenoxy) is 7. The monoisotopic (exact) mass is 909 g/mol. The number of alkyl carbamates (subject to hydrolysis) is 1. The third-order valence-electron chi connectivity index (χ3n) is 13.2. The van der Waals surface area contributed by atoms with Gasteiger partial charge in [0.05, 0.1) is 41.6 Å². The van der Waals surface area contributed by atoms with Crippen LogP contribution < -0.4 is 5.32 Å². The Kier molecular flexibility index (Phi) is 13.9. The van der Waals surface area contributed by atoms with Gasteiger partial charge < -0.3 is 48.7 Å². The summed E-state index contributed by atoms with van der Waals surface area (Å²) in [6, 6.07) is 14.8. The molecule has 2 aromatic carbocycles. The summed E-state index contributed by atoms with van der Waals surface area (Å²) in [7, 11) is 0. The third-order valence-corrected chi connectivity index (χ3v) is 13.6. The summed E-state index contributed by atoms with van der Waals surface area (Å²) in [4.78, 5) is 84.1. The molecule has 2 aromatic rings. The third kappa shape index (κ3) is 8.81. The number of thioether (sulfide) groups is 1. The summed E-state index contributed by atoms with van der Waals surface area (Å²) >= 11 is 1.34. The highest BCUT2D eigenvalue weighted by Gasteiger charge is 2.78. The number of fused-ring (bicyclic) bond motifs is 5. The van der Waals surface area contributed by atoms with Gasteiger partial charge in [-0.2, -0.15) is 0 Å². The maximum Gasteiger partial charge on any atom is 0.408 e. The molecule has 4 aliphatic rings. The van der Waals surface area contributed by atoms with E-state index in [-0.39, 0.29) is 35.7 Å². The molecule has 17 heteroatoms. The number of aliphatic hydroxyl groups excluding tert-OH is 1. The first kappa shape index (κ1) is 48.6. The number of hydrogen-bond donors (Lipinski definition) is 3. The van der Waals surface area contributed by atoms with E-state index in [2.05, 4.69) is 5.32 Å². The van der Waals surface area contributed by atoms with E-state index >= 15 is 4.79 Å². The number of Topliss-reactive ketones (excluding diaryl/α,β-unsaturated/α-hetero) is 1. The molecule has 3 fully saturated rings. The van der Waals surface area contributed by atoms with Crippen molar-refractivity contribution >= 4 is 47.5 Å². The van der Waals surface area contributed by atoms with Gasteiger partial charge in [0.2, 0.25) is 0 Å². The van der Waals surface area contributed by atoms with Gasteiger partial charge >= 0.3 is 30.0 Å². The van der Waals surface area contributed by atoms with Gasteiger partial charge in [0.1, 0.15) is 29.5 Å². The summed E-state index contributed by atoms with van der Waals surface area (Å²) in [6.07, 6.45) is -8.57. The lowest BCUT2D eigenvalue weighted by Gasteiger charge is -2.67. The molecular formula is C47H59NO15S. The molecular weight excluding hydrogens is 851 g/mol. The molecule has 1 aliphatic heterocycles. The minimum Gasteiger partial charge on any atom is -0.456 e. The molecule has 2 bridgehead atoms. The Bertz CT molecular complexity index is 2160. The van der Waals surface area contributed by atoms with E-state index < -0.39 is 118 Å². The minimum atomic E-state index is -2.35. The van der Waals surface area contributed by atoms with E-state index in [9.17, 15) is 34.2 Å². The van der Waals surface area contributed by atoms with Crippen LogP contribution in [0.3, 0.4) is 0 Å². The van der Waals surface area contributed by atoms with E-state index in [1.165, 1.54) is 30.8 Å². The summed E-state index contributed by atoms with van der Waals surface area (Å²) in [5, 5.41) is 28.2. The summed E-state index contributed by atoms with van der Waals surface area (Å²) < 4.78 is 42.8. The molecule has 64 heavy (non-hydrogen) atoms. The molecule has 3 aliphatic carbocycles. The van der Waals surface area contributed by atoms with Crippen LogP contribution >= 0.6 is 11.8 Å². The van der Waals surface area contributed by atoms with Crippen LogP contribution in [-0.2, 0) is 52.3 Å². The van der Waals surface area contributed by atoms with Crippen LogP contribution in [0.25, 0.3) is 0 Å². The fourth-order valence-corrected chi connectivity index (χ4v) is 10.5. The largest absolute Gasteiger partial charge is 0.456 e. The summed E-state index contributed by atoms with van der Waals surface area (Å²) in [5.74, 6) is -5.76. The van der Waals surface area contributed by atoms with Crippen molar-refractivity contribution in [2.24, 2.45) is 16.7 Å². The molecule has 1 amide bonds. The number of carbonyl (C=O) groups excluding carboxylic acids is 6. The van der Waals surface area contributed by atoms with Gasteiger partial charge in [-0.1, -0.05) is 62.4 Å². The lowest BCUT2D eigenvalue weighted by Crippen LogP contribution is -2.82. The molecule has 11 atom stereocenters. The Morgan fingerprint density at radius 3 is 2.11 bits per heavy atom. The molecule has 1 saturated heterocycles. The fraction of sp³-hybridized carbons (Fsp3) is 0.574. The zero-order valence-electron chi connectivity index (χ0n) is 37.8. The van der Waals surface area contributed by atoms with E-state index in [1.807, 2.05) is 0 Å². The van der Waals surface area contributed by atoms with Crippen molar-refractivity contribution in [1.82, 2.24) is 5.32 Å². The number of amides is 1. The van der Waals surface area contributed by atoms with Crippen LogP contribution in [0, 0.1) is 16.7 Å². The van der Waals surface area contributed by atoms with Gasteiger partial charge in [-0.3, -0.25) is 14.4 Å². The predicted octanol–water partition coefficient (Wildman–Crippen LogP) is 5.18.